The summed E-state index contributed by atoms with van der Waals surface area (Å²) < 4.78 is 10.8. The maximum atomic E-state index is 5.39. The van der Waals surface area contributed by atoms with Gasteiger partial charge in [-0.3, -0.25) is 5.10 Å². The zero-order chi connectivity index (χ0) is 14.7. The van der Waals surface area contributed by atoms with E-state index in [1.807, 2.05) is 54.6 Å². The highest BCUT2D eigenvalue weighted by atomic mass is 16.5. The molecule has 0 amide bonds. The third-order valence-electron chi connectivity index (χ3n) is 3.36. The highest BCUT2D eigenvalue weighted by molar-refractivity contribution is 5.74. The fourth-order valence-electron chi connectivity index (χ4n) is 2.32. The van der Waals surface area contributed by atoms with Gasteiger partial charge in [-0.05, 0) is 30.3 Å². The Morgan fingerprint density at radius 2 is 1.38 bits per heavy atom. The van der Waals surface area contributed by atoms with Crippen LogP contribution in [0, 0.1) is 0 Å². The van der Waals surface area contributed by atoms with Crippen molar-refractivity contribution in [3.05, 3.63) is 54.6 Å². The molecule has 0 saturated heterocycles. The Labute approximate surface area is 123 Å². The molecule has 0 spiro atoms. The van der Waals surface area contributed by atoms with Crippen molar-refractivity contribution in [2.24, 2.45) is 0 Å². The number of rotatable bonds is 4. The molecule has 0 unspecified atom stereocenters. The Hall–Kier alpha value is -2.75. The maximum Gasteiger partial charge on any atom is 0.128 e. The summed E-state index contributed by atoms with van der Waals surface area (Å²) in [6.07, 6.45) is 0. The Morgan fingerprint density at radius 1 is 0.810 bits per heavy atom. The summed E-state index contributed by atoms with van der Waals surface area (Å²) in [5, 5.41) is 7.45. The second-order valence-corrected chi connectivity index (χ2v) is 4.57. The molecule has 1 heterocycles. The lowest BCUT2D eigenvalue weighted by molar-refractivity contribution is 0.416. The van der Waals surface area contributed by atoms with Crippen LogP contribution in [0.15, 0.2) is 54.6 Å². The lowest BCUT2D eigenvalue weighted by Crippen LogP contribution is -1.87. The number of benzene rings is 2. The third-order valence-corrected chi connectivity index (χ3v) is 3.36. The van der Waals surface area contributed by atoms with Gasteiger partial charge in [0.25, 0.3) is 0 Å². The number of aromatic nitrogens is 2. The van der Waals surface area contributed by atoms with Crippen LogP contribution in [-0.2, 0) is 0 Å². The molecular weight excluding hydrogens is 264 g/mol. The van der Waals surface area contributed by atoms with Gasteiger partial charge in [-0.15, -0.1) is 0 Å². The average Bonchev–Trinajstić information content (AvgIpc) is 3.04. The van der Waals surface area contributed by atoms with Crippen LogP contribution in [0.1, 0.15) is 0 Å². The number of hydrogen-bond acceptors (Lipinski definition) is 3. The van der Waals surface area contributed by atoms with Gasteiger partial charge in [0.2, 0.25) is 0 Å². The summed E-state index contributed by atoms with van der Waals surface area (Å²) in [7, 11) is 3.32. The molecule has 4 heteroatoms. The van der Waals surface area contributed by atoms with Gasteiger partial charge in [0.15, 0.2) is 0 Å². The van der Waals surface area contributed by atoms with E-state index in [0.29, 0.717) is 0 Å². The van der Waals surface area contributed by atoms with E-state index in [0.717, 1.165) is 34.0 Å². The van der Waals surface area contributed by atoms with E-state index in [4.69, 9.17) is 9.47 Å². The van der Waals surface area contributed by atoms with Gasteiger partial charge in [-0.1, -0.05) is 24.3 Å². The second-order valence-electron chi connectivity index (χ2n) is 4.57. The monoisotopic (exact) mass is 280 g/mol. The molecule has 0 fully saturated rings. The predicted octanol–water partition coefficient (Wildman–Crippen LogP) is 3.76. The minimum absolute atomic E-state index is 0.801. The molecule has 106 valence electrons. The summed E-state index contributed by atoms with van der Waals surface area (Å²) in [5.74, 6) is 1.61. The summed E-state index contributed by atoms with van der Waals surface area (Å²) in [6, 6.07) is 17.7. The van der Waals surface area contributed by atoms with Crippen molar-refractivity contribution in [3.8, 4) is 34.0 Å². The van der Waals surface area contributed by atoms with Gasteiger partial charge >= 0.3 is 0 Å². The SMILES string of the molecule is COc1ccccc1-c1cc(-c2ccccc2OC)[nH]n1. The number of H-pyrrole nitrogens is 1. The smallest absolute Gasteiger partial charge is 0.128 e. The van der Waals surface area contributed by atoms with Gasteiger partial charge in [0.1, 0.15) is 11.5 Å². The van der Waals surface area contributed by atoms with E-state index in [1.54, 1.807) is 14.2 Å². The van der Waals surface area contributed by atoms with Crippen LogP contribution in [0.4, 0.5) is 0 Å². The van der Waals surface area contributed by atoms with Crippen LogP contribution in [0.5, 0.6) is 11.5 Å². The van der Waals surface area contributed by atoms with E-state index in [1.165, 1.54) is 0 Å². The number of ether oxygens (including phenoxy) is 2. The topological polar surface area (TPSA) is 47.1 Å². The molecule has 0 bridgehead atoms. The van der Waals surface area contributed by atoms with Crippen LogP contribution >= 0.6 is 0 Å². The molecule has 1 aromatic heterocycles. The largest absolute Gasteiger partial charge is 0.496 e. The first-order valence-electron chi connectivity index (χ1n) is 6.65. The maximum absolute atomic E-state index is 5.39. The molecule has 1 N–H and O–H groups in total. The van der Waals surface area contributed by atoms with Gasteiger partial charge in [0.05, 0.1) is 25.6 Å². The van der Waals surface area contributed by atoms with Crippen molar-refractivity contribution in [2.75, 3.05) is 14.2 Å². The Morgan fingerprint density at radius 3 is 2.05 bits per heavy atom. The highest BCUT2D eigenvalue weighted by Gasteiger charge is 2.12. The first-order chi connectivity index (χ1) is 10.3. The van der Waals surface area contributed by atoms with Gasteiger partial charge in [0, 0.05) is 11.1 Å². The molecular formula is C17H16N2O2. The number of aromatic amines is 1. The molecule has 4 nitrogen and oxygen atoms in total. The Bertz CT molecular complexity index is 688. The molecule has 3 rings (SSSR count). The first kappa shape index (κ1) is 13.2. The minimum Gasteiger partial charge on any atom is -0.496 e. The first-order valence-corrected chi connectivity index (χ1v) is 6.65. The van der Waals surface area contributed by atoms with Crippen LogP contribution in [0.25, 0.3) is 22.5 Å². The van der Waals surface area contributed by atoms with Crippen molar-refractivity contribution < 1.29 is 9.47 Å². The molecule has 0 atom stereocenters. The molecule has 0 aliphatic heterocycles. The lowest BCUT2D eigenvalue weighted by atomic mass is 10.1. The van der Waals surface area contributed by atoms with Crippen LogP contribution in [0.2, 0.25) is 0 Å². The quantitative estimate of drug-likeness (QED) is 0.791. The summed E-state index contributed by atoms with van der Waals surface area (Å²) in [4.78, 5) is 0. The Balaban J connectivity index is 2.04. The molecule has 3 aromatic rings. The highest BCUT2D eigenvalue weighted by Crippen LogP contribution is 2.33. The van der Waals surface area contributed by atoms with Crippen molar-refractivity contribution in [1.29, 1.82) is 0 Å². The number of hydrogen-bond donors (Lipinski definition) is 1. The predicted molar refractivity (Wildman–Crippen MR) is 82.6 cm³/mol. The fourth-order valence-corrected chi connectivity index (χ4v) is 2.32. The van der Waals surface area contributed by atoms with Gasteiger partial charge in [-0.25, -0.2) is 0 Å². The zero-order valence-corrected chi connectivity index (χ0v) is 12.0. The molecule has 0 saturated carbocycles. The summed E-state index contributed by atoms with van der Waals surface area (Å²) in [5.41, 5.74) is 3.69. The number of nitrogens with one attached hydrogen (secondary N) is 1. The fraction of sp³-hybridized carbons (Fsp3) is 0.118. The van der Waals surface area contributed by atoms with Crippen molar-refractivity contribution >= 4 is 0 Å². The number of nitrogens with zero attached hydrogens (tertiary/aromatic N) is 1. The number of para-hydroxylation sites is 2. The van der Waals surface area contributed by atoms with E-state index in [9.17, 15) is 0 Å². The van der Waals surface area contributed by atoms with Crippen LogP contribution < -0.4 is 9.47 Å². The number of methoxy groups -OCH3 is 2. The van der Waals surface area contributed by atoms with E-state index in [-0.39, 0.29) is 0 Å². The van der Waals surface area contributed by atoms with E-state index < -0.39 is 0 Å². The lowest BCUT2D eigenvalue weighted by Gasteiger charge is -2.05. The zero-order valence-electron chi connectivity index (χ0n) is 12.0. The van der Waals surface area contributed by atoms with Gasteiger partial charge in [-0.2, -0.15) is 5.10 Å². The standard InChI is InChI=1S/C17H16N2O2/c1-20-16-9-5-3-7-12(16)14-11-15(19-18-14)13-8-4-6-10-17(13)21-2/h3-11H,1-2H3,(H,18,19). The van der Waals surface area contributed by atoms with Crippen molar-refractivity contribution in [2.45, 2.75) is 0 Å². The summed E-state index contributed by atoms with van der Waals surface area (Å²) in [6.45, 7) is 0. The van der Waals surface area contributed by atoms with Crippen LogP contribution in [-0.4, -0.2) is 24.4 Å². The van der Waals surface area contributed by atoms with E-state index >= 15 is 0 Å². The average molecular weight is 280 g/mol. The summed E-state index contributed by atoms with van der Waals surface area (Å²) >= 11 is 0. The molecule has 0 aliphatic rings. The molecule has 0 aliphatic carbocycles. The van der Waals surface area contributed by atoms with Crippen molar-refractivity contribution in [1.82, 2.24) is 10.2 Å². The normalized spacial score (nSPS) is 10.4. The van der Waals surface area contributed by atoms with Gasteiger partial charge < -0.3 is 9.47 Å². The minimum atomic E-state index is 0.801. The molecule has 2 aromatic carbocycles. The van der Waals surface area contributed by atoms with E-state index in [2.05, 4.69) is 10.2 Å². The molecule has 21 heavy (non-hydrogen) atoms. The Kier molecular flexibility index (Phi) is 3.60. The molecule has 0 radical (unpaired) electrons. The third kappa shape index (κ3) is 2.48. The van der Waals surface area contributed by atoms with Crippen LogP contribution in [0.3, 0.4) is 0 Å². The van der Waals surface area contributed by atoms with Crippen molar-refractivity contribution in [3.63, 3.8) is 0 Å². The second kappa shape index (κ2) is 5.71.